The number of pyridine rings is 1. The molecule has 8 nitrogen and oxygen atoms in total. The fraction of sp³-hybridized carbons (Fsp3) is 0.214. The Hall–Kier alpha value is -2.74. The molecular weight excluding hydrogens is 322 g/mol. The fourth-order valence-corrected chi connectivity index (χ4v) is 2.63. The summed E-state index contributed by atoms with van der Waals surface area (Å²) < 4.78 is 2.82. The van der Waals surface area contributed by atoms with Gasteiger partial charge in [0.25, 0.3) is 5.56 Å². The lowest BCUT2D eigenvalue weighted by Crippen LogP contribution is -2.17. The average Bonchev–Trinajstić information content (AvgIpc) is 2.74. The van der Waals surface area contributed by atoms with E-state index < -0.39 is 4.92 Å². The highest BCUT2D eigenvalue weighted by Gasteiger charge is 2.22. The zero-order valence-corrected chi connectivity index (χ0v) is 13.1. The standard InChI is InChI=1S/C14H12ClN5O3/c1-8-14(20(22)23)9(2)19(17-8)7-11-5-13(21)18-6-10(15)3-4-12(18)16-11/h3-6H,7H2,1-2H3. The number of hydrogen-bond donors (Lipinski definition) is 0. The van der Waals surface area contributed by atoms with Gasteiger partial charge in [0.1, 0.15) is 17.0 Å². The van der Waals surface area contributed by atoms with Gasteiger partial charge in [-0.3, -0.25) is 24.0 Å². The van der Waals surface area contributed by atoms with Crippen molar-refractivity contribution in [2.24, 2.45) is 0 Å². The Morgan fingerprint density at radius 1 is 1.35 bits per heavy atom. The second kappa shape index (κ2) is 5.47. The second-order valence-electron chi connectivity index (χ2n) is 5.10. The molecule has 0 atom stereocenters. The third-order valence-corrected chi connectivity index (χ3v) is 3.74. The van der Waals surface area contributed by atoms with E-state index >= 15 is 0 Å². The first-order valence-electron chi connectivity index (χ1n) is 6.73. The number of halogens is 1. The lowest BCUT2D eigenvalue weighted by molar-refractivity contribution is -0.386. The van der Waals surface area contributed by atoms with E-state index in [1.165, 1.54) is 21.3 Å². The first-order chi connectivity index (χ1) is 10.9. The highest BCUT2D eigenvalue weighted by Crippen LogP contribution is 2.22. The summed E-state index contributed by atoms with van der Waals surface area (Å²) >= 11 is 5.87. The van der Waals surface area contributed by atoms with Crippen LogP contribution < -0.4 is 5.56 Å². The van der Waals surface area contributed by atoms with E-state index in [-0.39, 0.29) is 17.8 Å². The van der Waals surface area contributed by atoms with Gasteiger partial charge in [-0.05, 0) is 26.0 Å². The van der Waals surface area contributed by atoms with Gasteiger partial charge < -0.3 is 0 Å². The first-order valence-corrected chi connectivity index (χ1v) is 7.11. The average molecular weight is 334 g/mol. The van der Waals surface area contributed by atoms with Crippen molar-refractivity contribution in [2.45, 2.75) is 20.4 Å². The molecule has 3 rings (SSSR count). The molecule has 0 N–H and O–H groups in total. The molecule has 0 radical (unpaired) electrons. The van der Waals surface area contributed by atoms with E-state index in [2.05, 4.69) is 10.1 Å². The van der Waals surface area contributed by atoms with Crippen LogP contribution in [0.2, 0.25) is 5.02 Å². The van der Waals surface area contributed by atoms with Gasteiger partial charge in [-0.2, -0.15) is 5.10 Å². The van der Waals surface area contributed by atoms with E-state index in [9.17, 15) is 14.9 Å². The van der Waals surface area contributed by atoms with Crippen LogP contribution >= 0.6 is 11.6 Å². The van der Waals surface area contributed by atoms with Crippen LogP contribution in [0.3, 0.4) is 0 Å². The molecule has 0 aromatic carbocycles. The summed E-state index contributed by atoms with van der Waals surface area (Å²) in [6, 6.07) is 4.64. The molecule has 0 aliphatic heterocycles. The van der Waals surface area contributed by atoms with Crippen molar-refractivity contribution in [3.8, 4) is 0 Å². The Balaban J connectivity index is 2.06. The van der Waals surface area contributed by atoms with Crippen LogP contribution in [-0.2, 0) is 6.54 Å². The summed E-state index contributed by atoms with van der Waals surface area (Å²) in [7, 11) is 0. The summed E-state index contributed by atoms with van der Waals surface area (Å²) in [6.45, 7) is 3.37. The molecule has 0 bridgehead atoms. The van der Waals surface area contributed by atoms with Crippen LogP contribution in [-0.4, -0.2) is 24.1 Å². The first kappa shape index (κ1) is 15.2. The molecule has 0 spiro atoms. The maximum absolute atomic E-state index is 12.1. The minimum Gasteiger partial charge on any atom is -0.269 e. The quantitative estimate of drug-likeness (QED) is 0.540. The zero-order chi connectivity index (χ0) is 16.7. The molecular formula is C14H12ClN5O3. The Kier molecular flexibility index (Phi) is 3.61. The van der Waals surface area contributed by atoms with E-state index in [1.807, 2.05) is 0 Å². The third-order valence-electron chi connectivity index (χ3n) is 3.51. The van der Waals surface area contributed by atoms with Crippen LogP contribution in [0.1, 0.15) is 17.1 Å². The molecule has 0 aliphatic rings. The third kappa shape index (κ3) is 2.68. The van der Waals surface area contributed by atoms with E-state index in [1.54, 1.807) is 26.0 Å². The molecule has 0 fully saturated rings. The highest BCUT2D eigenvalue weighted by atomic mass is 35.5. The number of rotatable bonds is 3. The van der Waals surface area contributed by atoms with Crippen LogP contribution in [0.25, 0.3) is 5.65 Å². The van der Waals surface area contributed by atoms with E-state index in [4.69, 9.17) is 11.6 Å². The van der Waals surface area contributed by atoms with E-state index in [0.717, 1.165) is 0 Å². The Morgan fingerprint density at radius 3 is 2.74 bits per heavy atom. The molecule has 0 unspecified atom stereocenters. The van der Waals surface area contributed by atoms with Crippen molar-refractivity contribution in [3.63, 3.8) is 0 Å². The SMILES string of the molecule is Cc1nn(Cc2cc(=O)n3cc(Cl)ccc3n2)c(C)c1[N+](=O)[O-]. The van der Waals surface area contributed by atoms with Gasteiger partial charge in [-0.25, -0.2) is 4.98 Å². The fourth-order valence-electron chi connectivity index (χ4n) is 2.47. The molecule has 0 amide bonds. The molecule has 0 saturated carbocycles. The van der Waals surface area contributed by atoms with Crippen LogP contribution in [0.15, 0.2) is 29.2 Å². The number of fused-ring (bicyclic) bond motifs is 1. The molecule has 3 aromatic heterocycles. The number of aromatic nitrogens is 4. The summed E-state index contributed by atoms with van der Waals surface area (Å²) in [5.41, 5.74) is 1.38. The second-order valence-corrected chi connectivity index (χ2v) is 5.53. The van der Waals surface area contributed by atoms with Crippen molar-refractivity contribution in [2.75, 3.05) is 0 Å². The summed E-state index contributed by atoms with van der Waals surface area (Å²) in [5.74, 6) is 0. The largest absolute Gasteiger partial charge is 0.312 e. The Labute approximate surface area is 135 Å². The van der Waals surface area contributed by atoms with Crippen molar-refractivity contribution in [3.05, 3.63) is 67.0 Å². The molecule has 118 valence electrons. The van der Waals surface area contributed by atoms with Crippen molar-refractivity contribution in [1.82, 2.24) is 19.2 Å². The van der Waals surface area contributed by atoms with Crippen molar-refractivity contribution >= 4 is 22.9 Å². The van der Waals surface area contributed by atoms with Crippen molar-refractivity contribution < 1.29 is 4.92 Å². The lowest BCUT2D eigenvalue weighted by Gasteiger charge is -2.06. The summed E-state index contributed by atoms with van der Waals surface area (Å²) in [5, 5.41) is 15.6. The van der Waals surface area contributed by atoms with Gasteiger partial charge in [0.2, 0.25) is 0 Å². The molecule has 0 aliphatic carbocycles. The minimum absolute atomic E-state index is 0.0192. The molecule has 9 heteroatoms. The summed E-state index contributed by atoms with van der Waals surface area (Å²) in [6.07, 6.45) is 1.49. The van der Waals surface area contributed by atoms with Gasteiger partial charge in [-0.1, -0.05) is 11.6 Å². The van der Waals surface area contributed by atoms with Crippen LogP contribution in [0.4, 0.5) is 5.69 Å². The van der Waals surface area contributed by atoms with Crippen LogP contribution in [0, 0.1) is 24.0 Å². The molecule has 0 saturated heterocycles. The molecule has 3 aromatic rings. The maximum atomic E-state index is 12.1. The Morgan fingerprint density at radius 2 is 2.09 bits per heavy atom. The molecule has 3 heterocycles. The Bertz CT molecular complexity index is 992. The lowest BCUT2D eigenvalue weighted by atomic mass is 10.3. The van der Waals surface area contributed by atoms with E-state index in [0.29, 0.717) is 27.8 Å². The van der Waals surface area contributed by atoms with Crippen LogP contribution in [0.5, 0.6) is 0 Å². The predicted octanol–water partition coefficient (Wildman–Crippen LogP) is 2.12. The maximum Gasteiger partial charge on any atom is 0.312 e. The monoisotopic (exact) mass is 333 g/mol. The molecule has 23 heavy (non-hydrogen) atoms. The normalized spacial score (nSPS) is 11.1. The smallest absolute Gasteiger partial charge is 0.269 e. The topological polar surface area (TPSA) is 95.3 Å². The number of nitro groups is 1. The number of hydrogen-bond acceptors (Lipinski definition) is 5. The predicted molar refractivity (Wildman–Crippen MR) is 83.9 cm³/mol. The van der Waals surface area contributed by atoms with Gasteiger partial charge in [0.05, 0.1) is 22.2 Å². The number of nitrogens with zero attached hydrogens (tertiary/aromatic N) is 5. The number of aryl methyl sites for hydroxylation is 1. The summed E-state index contributed by atoms with van der Waals surface area (Å²) in [4.78, 5) is 27.1. The van der Waals surface area contributed by atoms with Gasteiger partial charge >= 0.3 is 5.69 Å². The van der Waals surface area contributed by atoms with Crippen molar-refractivity contribution in [1.29, 1.82) is 0 Å². The highest BCUT2D eigenvalue weighted by molar-refractivity contribution is 6.30. The van der Waals surface area contributed by atoms with Gasteiger partial charge in [0, 0.05) is 12.3 Å². The van der Waals surface area contributed by atoms with Gasteiger partial charge in [0.15, 0.2) is 0 Å². The zero-order valence-electron chi connectivity index (χ0n) is 12.4. The van der Waals surface area contributed by atoms with Gasteiger partial charge in [-0.15, -0.1) is 0 Å². The minimum atomic E-state index is -0.459.